The van der Waals surface area contributed by atoms with Crippen molar-refractivity contribution in [2.45, 2.75) is 50.1 Å². The van der Waals surface area contributed by atoms with Crippen molar-refractivity contribution in [3.8, 4) is 0 Å². The van der Waals surface area contributed by atoms with Gasteiger partial charge in [-0.15, -0.1) is 0 Å². The first kappa shape index (κ1) is 7.56. The Balaban J connectivity index is 1.98. The summed E-state index contributed by atoms with van der Waals surface area (Å²) in [6, 6.07) is 0.424. The van der Waals surface area contributed by atoms with Gasteiger partial charge in [-0.1, -0.05) is 19.3 Å². The molecule has 11 heavy (non-hydrogen) atoms. The van der Waals surface area contributed by atoms with Crippen molar-refractivity contribution in [3.05, 3.63) is 0 Å². The molecule has 0 amide bonds. The first-order valence-corrected chi connectivity index (χ1v) is 4.81. The molecule has 2 rings (SSSR count). The Morgan fingerprint density at radius 2 is 1.91 bits per heavy atom. The largest absolute Gasteiger partial charge is 0.326 e. The lowest BCUT2D eigenvalue weighted by Gasteiger charge is -2.33. The molecule has 2 fully saturated rings. The van der Waals surface area contributed by atoms with Gasteiger partial charge in [-0.3, -0.25) is 0 Å². The lowest BCUT2D eigenvalue weighted by atomic mass is 9.80. The van der Waals surface area contributed by atoms with Gasteiger partial charge in [0.25, 0.3) is 0 Å². The first-order valence-electron chi connectivity index (χ1n) is 4.81. The molecule has 3 N–H and O–H groups in total. The predicted octanol–water partition coefficient (Wildman–Crippen LogP) is 1.01. The zero-order valence-corrected chi connectivity index (χ0v) is 7.10. The molecular weight excluding hydrogens is 136 g/mol. The minimum Gasteiger partial charge on any atom is -0.326 e. The van der Waals surface area contributed by atoms with Crippen LogP contribution in [0.4, 0.5) is 0 Å². The Labute approximate surface area is 68.5 Å². The van der Waals surface area contributed by atoms with E-state index in [-0.39, 0.29) is 0 Å². The highest BCUT2D eigenvalue weighted by molar-refractivity contribution is 4.99. The van der Waals surface area contributed by atoms with E-state index in [4.69, 9.17) is 5.73 Å². The monoisotopic (exact) mass is 154 g/mol. The summed E-state index contributed by atoms with van der Waals surface area (Å²) >= 11 is 0. The Hall–Kier alpha value is -0.0800. The van der Waals surface area contributed by atoms with Crippen LogP contribution in [-0.4, -0.2) is 18.1 Å². The van der Waals surface area contributed by atoms with Gasteiger partial charge in [0.1, 0.15) is 0 Å². The molecule has 1 spiro atoms. The molecule has 1 aliphatic heterocycles. The average molecular weight is 154 g/mol. The Bertz CT molecular complexity index is 133. The smallest absolute Gasteiger partial charge is 0.0197 e. The molecule has 2 aliphatic rings. The summed E-state index contributed by atoms with van der Waals surface area (Å²) < 4.78 is 0. The SMILES string of the molecule is NC1CNC2(CCCCC2)C1. The molecule has 2 heteroatoms. The molecular formula is C9H18N2. The van der Waals surface area contributed by atoms with Crippen LogP contribution in [0.25, 0.3) is 0 Å². The van der Waals surface area contributed by atoms with Gasteiger partial charge in [0.2, 0.25) is 0 Å². The van der Waals surface area contributed by atoms with Crippen molar-refractivity contribution >= 4 is 0 Å². The normalized spacial score (nSPS) is 36.3. The van der Waals surface area contributed by atoms with E-state index in [1.165, 1.54) is 38.5 Å². The maximum Gasteiger partial charge on any atom is 0.0197 e. The highest BCUT2D eigenvalue weighted by atomic mass is 15.0. The summed E-state index contributed by atoms with van der Waals surface area (Å²) in [7, 11) is 0. The first-order chi connectivity index (χ1) is 5.31. The molecule has 1 aliphatic carbocycles. The van der Waals surface area contributed by atoms with E-state index in [0.717, 1.165) is 6.54 Å². The fraction of sp³-hybridized carbons (Fsp3) is 1.00. The molecule has 0 bridgehead atoms. The molecule has 0 aromatic rings. The summed E-state index contributed by atoms with van der Waals surface area (Å²) in [4.78, 5) is 0. The van der Waals surface area contributed by atoms with Crippen LogP contribution in [0.3, 0.4) is 0 Å². The third-order valence-electron chi connectivity index (χ3n) is 3.20. The molecule has 1 heterocycles. The van der Waals surface area contributed by atoms with E-state index in [1.807, 2.05) is 0 Å². The van der Waals surface area contributed by atoms with Gasteiger partial charge in [0.15, 0.2) is 0 Å². The summed E-state index contributed by atoms with van der Waals surface area (Å²) in [6.45, 7) is 1.04. The second-order valence-electron chi connectivity index (χ2n) is 4.19. The van der Waals surface area contributed by atoms with E-state index < -0.39 is 0 Å². The fourth-order valence-corrected chi connectivity index (χ4v) is 2.60. The van der Waals surface area contributed by atoms with Gasteiger partial charge in [0, 0.05) is 18.1 Å². The fourth-order valence-electron chi connectivity index (χ4n) is 2.60. The number of hydrogen-bond donors (Lipinski definition) is 2. The molecule has 1 saturated carbocycles. The van der Waals surface area contributed by atoms with Crippen LogP contribution >= 0.6 is 0 Å². The maximum absolute atomic E-state index is 5.88. The van der Waals surface area contributed by atoms with Crippen molar-refractivity contribution in [1.29, 1.82) is 0 Å². The topological polar surface area (TPSA) is 38.0 Å². The second kappa shape index (κ2) is 2.76. The van der Waals surface area contributed by atoms with Crippen molar-refractivity contribution in [2.75, 3.05) is 6.54 Å². The summed E-state index contributed by atoms with van der Waals surface area (Å²) in [5.74, 6) is 0. The molecule has 0 aromatic heterocycles. The van der Waals surface area contributed by atoms with Crippen LogP contribution in [0.2, 0.25) is 0 Å². The van der Waals surface area contributed by atoms with Gasteiger partial charge < -0.3 is 11.1 Å². The number of rotatable bonds is 0. The van der Waals surface area contributed by atoms with Crippen LogP contribution < -0.4 is 11.1 Å². The zero-order valence-electron chi connectivity index (χ0n) is 7.10. The molecule has 2 nitrogen and oxygen atoms in total. The van der Waals surface area contributed by atoms with Crippen molar-refractivity contribution in [1.82, 2.24) is 5.32 Å². The number of nitrogens with one attached hydrogen (secondary N) is 1. The van der Waals surface area contributed by atoms with Gasteiger partial charge in [-0.2, -0.15) is 0 Å². The zero-order chi connectivity index (χ0) is 7.73. The van der Waals surface area contributed by atoms with E-state index in [9.17, 15) is 0 Å². The highest BCUT2D eigenvalue weighted by Gasteiger charge is 2.37. The van der Waals surface area contributed by atoms with E-state index in [2.05, 4.69) is 5.32 Å². The third-order valence-corrected chi connectivity index (χ3v) is 3.20. The molecule has 0 aromatic carbocycles. The third kappa shape index (κ3) is 1.42. The molecule has 0 radical (unpaired) electrons. The van der Waals surface area contributed by atoms with Crippen LogP contribution in [0, 0.1) is 0 Å². The van der Waals surface area contributed by atoms with Crippen LogP contribution in [0.15, 0.2) is 0 Å². The Morgan fingerprint density at radius 3 is 2.45 bits per heavy atom. The summed E-state index contributed by atoms with van der Waals surface area (Å²) in [5, 5.41) is 3.60. The lowest BCUT2D eigenvalue weighted by Crippen LogP contribution is -2.41. The van der Waals surface area contributed by atoms with Gasteiger partial charge in [0.05, 0.1) is 0 Å². The average Bonchev–Trinajstić information content (AvgIpc) is 2.34. The van der Waals surface area contributed by atoms with Crippen LogP contribution in [-0.2, 0) is 0 Å². The van der Waals surface area contributed by atoms with E-state index in [1.54, 1.807) is 0 Å². The maximum atomic E-state index is 5.88. The van der Waals surface area contributed by atoms with Gasteiger partial charge in [-0.05, 0) is 19.3 Å². The molecule has 1 atom stereocenters. The highest BCUT2D eigenvalue weighted by Crippen LogP contribution is 2.34. The van der Waals surface area contributed by atoms with Gasteiger partial charge >= 0.3 is 0 Å². The predicted molar refractivity (Wildman–Crippen MR) is 46.4 cm³/mol. The minimum absolute atomic E-state index is 0.424. The standard InChI is InChI=1S/C9H18N2/c10-8-6-9(11-7-8)4-2-1-3-5-9/h8,11H,1-7,10H2. The molecule has 64 valence electrons. The Morgan fingerprint density at radius 1 is 1.18 bits per heavy atom. The summed E-state index contributed by atoms with van der Waals surface area (Å²) in [6.07, 6.45) is 8.17. The van der Waals surface area contributed by atoms with Crippen molar-refractivity contribution in [2.24, 2.45) is 5.73 Å². The minimum atomic E-state index is 0.424. The van der Waals surface area contributed by atoms with Crippen molar-refractivity contribution in [3.63, 3.8) is 0 Å². The lowest BCUT2D eigenvalue weighted by molar-refractivity contribution is 0.262. The van der Waals surface area contributed by atoms with E-state index in [0.29, 0.717) is 11.6 Å². The second-order valence-corrected chi connectivity index (χ2v) is 4.19. The van der Waals surface area contributed by atoms with Gasteiger partial charge in [-0.25, -0.2) is 0 Å². The number of hydrogen-bond acceptors (Lipinski definition) is 2. The van der Waals surface area contributed by atoms with Crippen LogP contribution in [0.5, 0.6) is 0 Å². The number of nitrogens with two attached hydrogens (primary N) is 1. The van der Waals surface area contributed by atoms with Crippen LogP contribution in [0.1, 0.15) is 38.5 Å². The molecule has 1 saturated heterocycles. The summed E-state index contributed by atoms with van der Waals surface area (Å²) in [5.41, 5.74) is 6.35. The van der Waals surface area contributed by atoms with Crippen molar-refractivity contribution < 1.29 is 0 Å². The quantitative estimate of drug-likeness (QED) is 0.546. The van der Waals surface area contributed by atoms with E-state index >= 15 is 0 Å². The molecule has 1 unspecified atom stereocenters. The Kier molecular flexibility index (Phi) is 1.90.